The number of carbonyl (C=O) groups is 1. The van der Waals surface area contributed by atoms with Gasteiger partial charge < -0.3 is 0 Å². The lowest BCUT2D eigenvalue weighted by atomic mass is 10.2. The Kier molecular flexibility index (Phi) is 2.57. The van der Waals surface area contributed by atoms with Gasteiger partial charge in [-0.25, -0.2) is 0 Å². The zero-order valence-electron chi connectivity index (χ0n) is 11.2. The van der Waals surface area contributed by atoms with Gasteiger partial charge in [-0.1, -0.05) is 36.4 Å². The van der Waals surface area contributed by atoms with E-state index in [-0.39, 0.29) is 5.91 Å². The molecule has 0 aliphatic heterocycles. The Morgan fingerprint density at radius 1 is 0.810 bits per heavy atom. The SMILES string of the molecule is O=C(c1cccnc1)n1c2ccccc2c2ccccc21. The smallest absolute Gasteiger partial charge is 0.264 e. The largest absolute Gasteiger partial charge is 0.276 e. The molecule has 2 heterocycles. The fraction of sp³-hybridized carbons (Fsp3) is 0. The van der Waals surface area contributed by atoms with Crippen molar-refractivity contribution in [2.75, 3.05) is 0 Å². The third-order valence-electron chi connectivity index (χ3n) is 3.69. The maximum Gasteiger partial charge on any atom is 0.264 e. The molecule has 3 nitrogen and oxygen atoms in total. The number of aromatic nitrogens is 2. The number of rotatable bonds is 1. The van der Waals surface area contributed by atoms with E-state index in [2.05, 4.69) is 4.98 Å². The van der Waals surface area contributed by atoms with Crippen LogP contribution in [-0.2, 0) is 0 Å². The van der Waals surface area contributed by atoms with Crippen molar-refractivity contribution in [3.05, 3.63) is 78.6 Å². The summed E-state index contributed by atoms with van der Waals surface area (Å²) in [6.45, 7) is 0. The first-order valence-corrected chi connectivity index (χ1v) is 6.79. The molecule has 0 unspecified atom stereocenters. The van der Waals surface area contributed by atoms with Gasteiger partial charge in [0, 0.05) is 23.2 Å². The molecule has 0 N–H and O–H groups in total. The summed E-state index contributed by atoms with van der Waals surface area (Å²) in [5.41, 5.74) is 2.43. The van der Waals surface area contributed by atoms with Gasteiger partial charge >= 0.3 is 0 Å². The van der Waals surface area contributed by atoms with E-state index in [1.807, 2.05) is 48.5 Å². The highest BCUT2D eigenvalue weighted by Gasteiger charge is 2.16. The Balaban J connectivity index is 2.09. The normalized spacial score (nSPS) is 11.0. The third kappa shape index (κ3) is 1.75. The molecule has 4 aromatic rings. The molecule has 2 aromatic carbocycles. The number of para-hydroxylation sites is 2. The molecule has 2 aromatic heterocycles. The van der Waals surface area contributed by atoms with E-state index >= 15 is 0 Å². The summed E-state index contributed by atoms with van der Waals surface area (Å²) in [7, 11) is 0. The fourth-order valence-electron chi connectivity index (χ4n) is 2.76. The minimum atomic E-state index is -0.0551. The van der Waals surface area contributed by atoms with Gasteiger partial charge in [0.05, 0.1) is 16.6 Å². The lowest BCUT2D eigenvalue weighted by Gasteiger charge is -2.05. The van der Waals surface area contributed by atoms with E-state index in [1.165, 1.54) is 0 Å². The zero-order chi connectivity index (χ0) is 14.2. The Hall–Kier alpha value is -2.94. The van der Waals surface area contributed by atoms with Crippen LogP contribution in [0.5, 0.6) is 0 Å². The molecule has 0 atom stereocenters. The summed E-state index contributed by atoms with van der Waals surface area (Å²) in [5.74, 6) is -0.0551. The van der Waals surface area contributed by atoms with Gasteiger partial charge in [0.25, 0.3) is 5.91 Å². The molecular formula is C18H12N2O. The highest BCUT2D eigenvalue weighted by molar-refractivity contribution is 6.16. The van der Waals surface area contributed by atoms with Crippen molar-refractivity contribution in [2.45, 2.75) is 0 Å². The molecule has 21 heavy (non-hydrogen) atoms. The Morgan fingerprint density at radius 2 is 1.43 bits per heavy atom. The van der Waals surface area contributed by atoms with Crippen molar-refractivity contribution < 1.29 is 4.79 Å². The Morgan fingerprint density at radius 3 is 2.00 bits per heavy atom. The van der Waals surface area contributed by atoms with E-state index in [0.717, 1.165) is 21.8 Å². The van der Waals surface area contributed by atoms with Crippen molar-refractivity contribution in [3.63, 3.8) is 0 Å². The first-order valence-electron chi connectivity index (χ1n) is 6.79. The lowest BCUT2D eigenvalue weighted by molar-refractivity contribution is 0.0969. The van der Waals surface area contributed by atoms with Crippen LogP contribution in [0.4, 0.5) is 0 Å². The van der Waals surface area contributed by atoms with Crippen LogP contribution in [0.3, 0.4) is 0 Å². The predicted octanol–water partition coefficient (Wildman–Crippen LogP) is 3.88. The van der Waals surface area contributed by atoms with Crippen LogP contribution >= 0.6 is 0 Å². The number of carbonyl (C=O) groups excluding carboxylic acids is 1. The second-order valence-electron chi connectivity index (χ2n) is 4.92. The van der Waals surface area contributed by atoms with Crippen molar-refractivity contribution in [2.24, 2.45) is 0 Å². The van der Waals surface area contributed by atoms with Crippen molar-refractivity contribution >= 4 is 27.7 Å². The van der Waals surface area contributed by atoms with E-state index < -0.39 is 0 Å². The monoisotopic (exact) mass is 272 g/mol. The van der Waals surface area contributed by atoms with Gasteiger partial charge in [0.2, 0.25) is 0 Å². The quantitative estimate of drug-likeness (QED) is 0.527. The van der Waals surface area contributed by atoms with Crippen LogP contribution in [0.1, 0.15) is 10.4 Å². The molecule has 0 fully saturated rings. The van der Waals surface area contributed by atoms with Crippen molar-refractivity contribution in [3.8, 4) is 0 Å². The third-order valence-corrected chi connectivity index (χ3v) is 3.69. The van der Waals surface area contributed by atoms with E-state index in [1.54, 1.807) is 29.1 Å². The van der Waals surface area contributed by atoms with Crippen LogP contribution in [-0.4, -0.2) is 15.5 Å². The van der Waals surface area contributed by atoms with Crippen LogP contribution < -0.4 is 0 Å². The first-order chi connectivity index (χ1) is 10.4. The number of pyridine rings is 1. The second kappa shape index (κ2) is 4.56. The molecule has 0 aliphatic rings. The average Bonchev–Trinajstić information content (AvgIpc) is 2.90. The zero-order valence-corrected chi connectivity index (χ0v) is 11.2. The Bertz CT molecular complexity index is 901. The lowest BCUT2D eigenvalue weighted by Crippen LogP contribution is -2.11. The van der Waals surface area contributed by atoms with Crippen LogP contribution in [0.25, 0.3) is 21.8 Å². The highest BCUT2D eigenvalue weighted by Crippen LogP contribution is 2.29. The van der Waals surface area contributed by atoms with Gasteiger partial charge in [-0.05, 0) is 24.3 Å². The molecule has 0 radical (unpaired) electrons. The summed E-state index contributed by atoms with van der Waals surface area (Å²) in [5, 5.41) is 2.18. The molecule has 0 aliphatic carbocycles. The number of hydrogen-bond donors (Lipinski definition) is 0. The van der Waals surface area contributed by atoms with Gasteiger partial charge in [-0.2, -0.15) is 0 Å². The van der Waals surface area contributed by atoms with Gasteiger partial charge in [0.1, 0.15) is 0 Å². The Labute approximate surface area is 121 Å². The summed E-state index contributed by atoms with van der Waals surface area (Å²) in [6.07, 6.45) is 3.27. The molecular weight excluding hydrogens is 260 g/mol. The number of nitrogens with zero attached hydrogens (tertiary/aromatic N) is 2. The summed E-state index contributed by atoms with van der Waals surface area (Å²) < 4.78 is 1.77. The van der Waals surface area contributed by atoms with Crippen LogP contribution in [0, 0.1) is 0 Å². The van der Waals surface area contributed by atoms with Crippen LogP contribution in [0.2, 0.25) is 0 Å². The predicted molar refractivity (Wildman–Crippen MR) is 83.4 cm³/mol. The second-order valence-corrected chi connectivity index (χ2v) is 4.92. The fourth-order valence-corrected chi connectivity index (χ4v) is 2.76. The average molecular weight is 272 g/mol. The van der Waals surface area contributed by atoms with E-state index in [4.69, 9.17) is 0 Å². The maximum absolute atomic E-state index is 12.9. The van der Waals surface area contributed by atoms with Gasteiger partial charge in [-0.15, -0.1) is 0 Å². The van der Waals surface area contributed by atoms with E-state index in [9.17, 15) is 4.79 Å². The number of benzene rings is 2. The summed E-state index contributed by atoms with van der Waals surface area (Å²) in [4.78, 5) is 16.9. The molecule has 3 heteroatoms. The van der Waals surface area contributed by atoms with Crippen LogP contribution in [0.15, 0.2) is 73.1 Å². The van der Waals surface area contributed by atoms with Gasteiger partial charge in [0.15, 0.2) is 0 Å². The van der Waals surface area contributed by atoms with E-state index in [0.29, 0.717) is 5.56 Å². The van der Waals surface area contributed by atoms with Crippen molar-refractivity contribution in [1.29, 1.82) is 0 Å². The summed E-state index contributed by atoms with van der Waals surface area (Å²) in [6, 6.07) is 19.5. The molecule has 100 valence electrons. The van der Waals surface area contributed by atoms with Crippen molar-refractivity contribution in [1.82, 2.24) is 9.55 Å². The number of fused-ring (bicyclic) bond motifs is 3. The summed E-state index contributed by atoms with van der Waals surface area (Å²) >= 11 is 0. The molecule has 4 rings (SSSR count). The highest BCUT2D eigenvalue weighted by atomic mass is 16.2. The molecule has 0 saturated carbocycles. The molecule has 0 bridgehead atoms. The molecule has 0 saturated heterocycles. The topological polar surface area (TPSA) is 34.9 Å². The van der Waals surface area contributed by atoms with Gasteiger partial charge in [-0.3, -0.25) is 14.3 Å². The standard InChI is InChI=1S/C18H12N2O/c21-18(13-6-5-11-19-12-13)20-16-9-3-1-7-14(16)15-8-2-4-10-17(15)20/h1-12H. The first kappa shape index (κ1) is 11.9. The maximum atomic E-state index is 12.9. The molecule has 0 spiro atoms. The minimum absolute atomic E-state index is 0.0551. The molecule has 0 amide bonds. The number of hydrogen-bond acceptors (Lipinski definition) is 2. The minimum Gasteiger partial charge on any atom is -0.276 e.